The van der Waals surface area contributed by atoms with E-state index in [9.17, 15) is 4.79 Å². The maximum Gasteiger partial charge on any atom is 0.259 e. The second-order valence-corrected chi connectivity index (χ2v) is 7.11. The Morgan fingerprint density at radius 3 is 2.48 bits per heavy atom. The molecule has 2 aromatic heterocycles. The lowest BCUT2D eigenvalue weighted by Crippen LogP contribution is -2.23. The number of hydrogen-bond acceptors (Lipinski definition) is 5. The Morgan fingerprint density at radius 1 is 1.07 bits per heavy atom. The number of benzene rings is 2. The van der Waals surface area contributed by atoms with Crippen LogP contribution in [0.2, 0.25) is 0 Å². The highest BCUT2D eigenvalue weighted by atomic mass is 16.5. The molecule has 6 heteroatoms. The minimum Gasteiger partial charge on any atom is -0.378 e. The predicted octanol–water partition coefficient (Wildman–Crippen LogP) is 4.19. The van der Waals surface area contributed by atoms with Gasteiger partial charge >= 0.3 is 0 Å². The molecule has 6 nitrogen and oxygen atoms in total. The Morgan fingerprint density at radius 2 is 1.79 bits per heavy atom. The molecule has 2 heterocycles. The predicted molar refractivity (Wildman–Crippen MR) is 114 cm³/mol. The third-order valence-electron chi connectivity index (χ3n) is 4.84. The fourth-order valence-electron chi connectivity index (χ4n) is 3.22. The van der Waals surface area contributed by atoms with Gasteiger partial charge in [-0.3, -0.25) is 4.79 Å². The lowest BCUT2D eigenvalue weighted by atomic mass is 10.0. The van der Waals surface area contributed by atoms with Gasteiger partial charge in [-0.15, -0.1) is 0 Å². The van der Waals surface area contributed by atoms with Crippen LogP contribution >= 0.6 is 0 Å². The summed E-state index contributed by atoms with van der Waals surface area (Å²) >= 11 is 0. The van der Waals surface area contributed by atoms with Gasteiger partial charge in [0.2, 0.25) is 0 Å². The van der Waals surface area contributed by atoms with Crippen molar-refractivity contribution in [3.05, 3.63) is 77.5 Å². The van der Waals surface area contributed by atoms with Gasteiger partial charge in [0.25, 0.3) is 11.6 Å². The first-order valence-electron chi connectivity index (χ1n) is 9.40. The summed E-state index contributed by atoms with van der Waals surface area (Å²) in [4.78, 5) is 19.6. The Kier molecular flexibility index (Phi) is 4.99. The Bertz CT molecular complexity index is 1150. The van der Waals surface area contributed by atoms with Crippen molar-refractivity contribution in [2.24, 2.45) is 0 Å². The molecule has 0 aliphatic carbocycles. The Hall–Kier alpha value is -3.67. The third kappa shape index (κ3) is 3.82. The first-order valence-corrected chi connectivity index (χ1v) is 9.40. The molecule has 0 saturated carbocycles. The molecule has 0 unspecified atom stereocenters. The summed E-state index contributed by atoms with van der Waals surface area (Å²) < 4.78 is 5.35. The zero-order valence-electron chi connectivity index (χ0n) is 16.6. The van der Waals surface area contributed by atoms with Gasteiger partial charge in [0, 0.05) is 31.9 Å². The normalized spacial score (nSPS) is 10.9. The van der Waals surface area contributed by atoms with Crippen LogP contribution in [-0.2, 0) is 6.54 Å². The van der Waals surface area contributed by atoms with E-state index in [0.29, 0.717) is 34.6 Å². The maximum atomic E-state index is 13.0. The highest BCUT2D eigenvalue weighted by Crippen LogP contribution is 2.27. The molecule has 0 aliphatic heterocycles. The molecule has 0 radical (unpaired) electrons. The second-order valence-electron chi connectivity index (χ2n) is 7.11. The summed E-state index contributed by atoms with van der Waals surface area (Å²) in [5, 5.41) is 7.64. The lowest BCUT2D eigenvalue weighted by molar-refractivity contribution is 0.0952. The molecule has 0 saturated heterocycles. The Balaban J connectivity index is 1.63. The minimum absolute atomic E-state index is 0.183. The number of carbonyl (C=O) groups excluding carboxylic acids is 1. The van der Waals surface area contributed by atoms with E-state index in [-0.39, 0.29) is 5.91 Å². The van der Waals surface area contributed by atoms with Gasteiger partial charge in [-0.25, -0.2) is 4.98 Å². The lowest BCUT2D eigenvalue weighted by Gasteiger charge is -2.13. The average molecular weight is 386 g/mol. The van der Waals surface area contributed by atoms with Crippen molar-refractivity contribution in [2.75, 3.05) is 19.0 Å². The van der Waals surface area contributed by atoms with Gasteiger partial charge < -0.3 is 14.7 Å². The number of hydrogen-bond donors (Lipinski definition) is 1. The van der Waals surface area contributed by atoms with Crippen LogP contribution in [0, 0.1) is 6.92 Å². The van der Waals surface area contributed by atoms with E-state index in [1.54, 1.807) is 6.07 Å². The number of aryl methyl sites for hydroxylation is 1. The van der Waals surface area contributed by atoms with Crippen molar-refractivity contribution >= 4 is 22.7 Å². The molecule has 146 valence electrons. The quantitative estimate of drug-likeness (QED) is 0.557. The van der Waals surface area contributed by atoms with E-state index in [1.807, 2.05) is 80.5 Å². The number of nitrogens with zero attached hydrogens (tertiary/aromatic N) is 3. The fraction of sp³-hybridized carbons (Fsp3) is 0.174. The number of amides is 1. The van der Waals surface area contributed by atoms with Crippen molar-refractivity contribution in [2.45, 2.75) is 13.5 Å². The van der Waals surface area contributed by atoms with E-state index in [2.05, 4.69) is 15.5 Å². The molecule has 0 bridgehead atoms. The van der Waals surface area contributed by atoms with E-state index in [1.165, 1.54) is 0 Å². The molecular weight excluding hydrogens is 364 g/mol. The zero-order chi connectivity index (χ0) is 20.4. The number of rotatable bonds is 5. The van der Waals surface area contributed by atoms with Gasteiger partial charge in [-0.2, -0.15) is 0 Å². The van der Waals surface area contributed by atoms with E-state index in [0.717, 1.165) is 16.8 Å². The topological polar surface area (TPSA) is 71.3 Å². The van der Waals surface area contributed by atoms with Crippen molar-refractivity contribution < 1.29 is 9.32 Å². The van der Waals surface area contributed by atoms with Crippen molar-refractivity contribution in [3.63, 3.8) is 0 Å². The highest BCUT2D eigenvalue weighted by Gasteiger charge is 2.19. The van der Waals surface area contributed by atoms with E-state index in [4.69, 9.17) is 4.52 Å². The number of nitrogens with one attached hydrogen (secondary N) is 1. The largest absolute Gasteiger partial charge is 0.378 e. The van der Waals surface area contributed by atoms with E-state index < -0.39 is 0 Å². The molecule has 2 aromatic carbocycles. The number of carbonyl (C=O) groups is 1. The maximum absolute atomic E-state index is 13.0. The SMILES string of the molecule is Cc1noc2nc(-c3ccccc3)cc(C(=O)NCc3ccc(N(C)C)cc3)c12. The zero-order valence-corrected chi connectivity index (χ0v) is 16.6. The van der Waals surface area contributed by atoms with Crippen LogP contribution in [0.3, 0.4) is 0 Å². The molecule has 4 rings (SSSR count). The van der Waals surface area contributed by atoms with Crippen LogP contribution in [0.5, 0.6) is 0 Å². The monoisotopic (exact) mass is 386 g/mol. The van der Waals surface area contributed by atoms with Crippen molar-refractivity contribution in [1.82, 2.24) is 15.5 Å². The van der Waals surface area contributed by atoms with Gasteiger partial charge in [-0.05, 0) is 30.7 Å². The summed E-state index contributed by atoms with van der Waals surface area (Å²) in [6.45, 7) is 2.24. The van der Waals surface area contributed by atoms with E-state index >= 15 is 0 Å². The molecule has 0 atom stereocenters. The van der Waals surface area contributed by atoms with Gasteiger partial charge in [0.15, 0.2) is 0 Å². The smallest absolute Gasteiger partial charge is 0.259 e. The highest BCUT2D eigenvalue weighted by molar-refractivity contribution is 6.06. The molecule has 0 aliphatic rings. The molecule has 0 fully saturated rings. The molecule has 0 spiro atoms. The second kappa shape index (κ2) is 7.75. The number of fused-ring (bicyclic) bond motifs is 1. The van der Waals surface area contributed by atoms with Crippen LogP contribution < -0.4 is 10.2 Å². The summed E-state index contributed by atoms with van der Waals surface area (Å²) in [7, 11) is 3.99. The summed E-state index contributed by atoms with van der Waals surface area (Å²) in [5.74, 6) is -0.183. The molecule has 1 amide bonds. The standard InChI is InChI=1S/C23H22N4O2/c1-15-21-19(22(28)24-14-16-9-11-18(12-10-16)27(2)3)13-20(25-23(21)29-26-15)17-7-5-4-6-8-17/h4-13H,14H2,1-3H3,(H,24,28). The van der Waals surface area contributed by atoms with Gasteiger partial charge in [0.1, 0.15) is 0 Å². The van der Waals surface area contributed by atoms with Crippen LogP contribution in [0.4, 0.5) is 5.69 Å². The molecular formula is C23H22N4O2. The van der Waals surface area contributed by atoms with Gasteiger partial charge in [0.05, 0.1) is 22.3 Å². The number of anilines is 1. The third-order valence-corrected chi connectivity index (χ3v) is 4.84. The number of pyridine rings is 1. The van der Waals surface area contributed by atoms with Crippen LogP contribution in [0.15, 0.2) is 65.2 Å². The summed E-state index contributed by atoms with van der Waals surface area (Å²) in [6, 6.07) is 19.6. The first kappa shape index (κ1) is 18.7. The Labute approximate surface area is 169 Å². The summed E-state index contributed by atoms with van der Waals surface area (Å²) in [6.07, 6.45) is 0. The minimum atomic E-state index is -0.183. The van der Waals surface area contributed by atoms with Crippen molar-refractivity contribution in [1.29, 1.82) is 0 Å². The molecule has 1 N–H and O–H groups in total. The van der Waals surface area contributed by atoms with Crippen LogP contribution in [0.25, 0.3) is 22.4 Å². The fourth-order valence-corrected chi connectivity index (χ4v) is 3.22. The molecule has 29 heavy (non-hydrogen) atoms. The summed E-state index contributed by atoms with van der Waals surface area (Å²) in [5.41, 5.74) is 5.25. The first-order chi connectivity index (χ1) is 14.0. The molecule has 4 aromatic rings. The number of aromatic nitrogens is 2. The van der Waals surface area contributed by atoms with Crippen molar-refractivity contribution in [3.8, 4) is 11.3 Å². The van der Waals surface area contributed by atoms with Gasteiger partial charge in [-0.1, -0.05) is 47.6 Å². The van der Waals surface area contributed by atoms with Crippen LogP contribution in [0.1, 0.15) is 21.6 Å². The van der Waals surface area contributed by atoms with Crippen LogP contribution in [-0.4, -0.2) is 30.1 Å². The average Bonchev–Trinajstić information content (AvgIpc) is 3.13.